The zero-order chi connectivity index (χ0) is 21.9. The predicted octanol–water partition coefficient (Wildman–Crippen LogP) is 5.28. The number of alkyl halides is 3. The number of carbonyl (C=O) groups is 1. The standard InChI is InChI=1S/C19H12ClF4N3O2S/c20-11-1-3-12(4-2-11)27-30(29)17-9-13(5-6-16(17)21)26-18(28)14-10-25-8-7-15(14)19(22,23)24/h1-10,27H,(H,26,28). The molecule has 1 aromatic heterocycles. The van der Waals surface area contributed by atoms with Gasteiger partial charge in [-0.3, -0.25) is 9.78 Å². The van der Waals surface area contributed by atoms with Crippen molar-refractivity contribution in [3.05, 3.63) is 82.9 Å². The number of nitrogens with zero attached hydrogens (tertiary/aromatic N) is 1. The number of halogens is 5. The zero-order valence-corrected chi connectivity index (χ0v) is 16.4. The smallest absolute Gasteiger partial charge is 0.322 e. The van der Waals surface area contributed by atoms with E-state index in [1.807, 2.05) is 0 Å². The Hall–Kier alpha value is -2.98. The maximum atomic E-state index is 14.1. The van der Waals surface area contributed by atoms with Crippen molar-refractivity contribution in [3.8, 4) is 0 Å². The Morgan fingerprint density at radius 2 is 1.70 bits per heavy atom. The molecule has 0 saturated heterocycles. The van der Waals surface area contributed by atoms with Crippen molar-refractivity contribution >= 4 is 39.9 Å². The normalized spacial score (nSPS) is 12.3. The summed E-state index contributed by atoms with van der Waals surface area (Å²) in [6.45, 7) is 0. The van der Waals surface area contributed by atoms with Gasteiger partial charge in [0.15, 0.2) is 11.0 Å². The largest absolute Gasteiger partial charge is 0.417 e. The number of pyridine rings is 1. The summed E-state index contributed by atoms with van der Waals surface area (Å²) in [6.07, 6.45) is -3.06. The molecule has 1 unspecified atom stereocenters. The van der Waals surface area contributed by atoms with Crippen LogP contribution in [0.3, 0.4) is 0 Å². The van der Waals surface area contributed by atoms with Gasteiger partial charge in [-0.15, -0.1) is 0 Å². The van der Waals surface area contributed by atoms with Crippen LogP contribution in [0, 0.1) is 5.82 Å². The fourth-order valence-corrected chi connectivity index (χ4v) is 3.49. The molecule has 0 fully saturated rings. The number of aromatic nitrogens is 1. The number of nitrogens with one attached hydrogen (secondary N) is 2. The van der Waals surface area contributed by atoms with E-state index in [0.717, 1.165) is 30.6 Å². The van der Waals surface area contributed by atoms with Gasteiger partial charge in [-0.05, 0) is 48.5 Å². The van der Waals surface area contributed by atoms with E-state index in [1.54, 1.807) is 12.1 Å². The first-order valence-electron chi connectivity index (χ1n) is 8.21. The number of amides is 1. The monoisotopic (exact) mass is 457 g/mol. The van der Waals surface area contributed by atoms with Gasteiger partial charge < -0.3 is 10.0 Å². The van der Waals surface area contributed by atoms with E-state index in [9.17, 15) is 26.6 Å². The van der Waals surface area contributed by atoms with Crippen LogP contribution in [0.15, 0.2) is 65.8 Å². The van der Waals surface area contributed by atoms with Gasteiger partial charge in [0.2, 0.25) is 0 Å². The average Bonchev–Trinajstić information content (AvgIpc) is 2.70. The first kappa shape index (κ1) is 21.7. The number of hydrogen-bond donors (Lipinski definition) is 2. The lowest BCUT2D eigenvalue weighted by Gasteiger charge is -2.13. The summed E-state index contributed by atoms with van der Waals surface area (Å²) in [7, 11) is -2.05. The van der Waals surface area contributed by atoms with Crippen molar-refractivity contribution < 1.29 is 26.6 Å². The van der Waals surface area contributed by atoms with Crippen LogP contribution in [0.2, 0.25) is 5.02 Å². The van der Waals surface area contributed by atoms with E-state index in [2.05, 4.69) is 15.0 Å². The van der Waals surface area contributed by atoms with Crippen LogP contribution in [0.5, 0.6) is 0 Å². The Kier molecular flexibility index (Phi) is 6.37. The molecule has 3 rings (SSSR count). The van der Waals surface area contributed by atoms with Gasteiger partial charge >= 0.3 is 6.18 Å². The minimum Gasteiger partial charge on any atom is -0.322 e. The van der Waals surface area contributed by atoms with Gasteiger partial charge in [0.25, 0.3) is 5.91 Å². The summed E-state index contributed by atoms with van der Waals surface area (Å²) >= 11 is 5.77. The van der Waals surface area contributed by atoms with Crippen molar-refractivity contribution in [2.24, 2.45) is 0 Å². The van der Waals surface area contributed by atoms with Gasteiger partial charge in [-0.25, -0.2) is 8.60 Å². The molecule has 30 heavy (non-hydrogen) atoms. The SMILES string of the molecule is O=C(Nc1ccc(F)c(S(=O)Nc2ccc(Cl)cc2)c1)c1cnccc1C(F)(F)F. The highest BCUT2D eigenvalue weighted by atomic mass is 35.5. The van der Waals surface area contributed by atoms with Crippen LogP contribution in [0.1, 0.15) is 15.9 Å². The Labute approximate surface area is 175 Å². The molecule has 1 atom stereocenters. The minimum absolute atomic E-state index is 0.0420. The topological polar surface area (TPSA) is 71.1 Å². The lowest BCUT2D eigenvalue weighted by Crippen LogP contribution is -2.19. The Morgan fingerprint density at radius 1 is 1.03 bits per heavy atom. The fraction of sp³-hybridized carbons (Fsp3) is 0.0526. The van der Waals surface area contributed by atoms with E-state index in [0.29, 0.717) is 16.8 Å². The summed E-state index contributed by atoms with van der Waals surface area (Å²) in [5.41, 5.74) is -1.50. The van der Waals surface area contributed by atoms with E-state index in [-0.39, 0.29) is 10.6 Å². The molecule has 0 saturated carbocycles. The minimum atomic E-state index is -4.76. The molecule has 2 aromatic carbocycles. The molecule has 2 N–H and O–H groups in total. The molecule has 0 bridgehead atoms. The molecule has 0 aliphatic rings. The van der Waals surface area contributed by atoms with Gasteiger partial charge in [-0.2, -0.15) is 13.2 Å². The molecule has 1 amide bonds. The second-order valence-corrected chi connectivity index (χ2v) is 7.51. The van der Waals surface area contributed by atoms with Crippen molar-refractivity contribution in [2.75, 3.05) is 10.0 Å². The molecule has 0 aliphatic carbocycles. The number of benzene rings is 2. The van der Waals surface area contributed by atoms with E-state index < -0.39 is 40.0 Å². The summed E-state index contributed by atoms with van der Waals surface area (Å²) in [4.78, 5) is 15.6. The van der Waals surface area contributed by atoms with Crippen molar-refractivity contribution in [1.29, 1.82) is 0 Å². The van der Waals surface area contributed by atoms with Crippen molar-refractivity contribution in [2.45, 2.75) is 11.1 Å². The summed E-state index contributed by atoms with van der Waals surface area (Å²) in [5, 5.41) is 2.69. The summed E-state index contributed by atoms with van der Waals surface area (Å²) in [5.74, 6) is -1.92. The Morgan fingerprint density at radius 3 is 2.37 bits per heavy atom. The van der Waals surface area contributed by atoms with Gasteiger partial charge in [-0.1, -0.05) is 11.6 Å². The molecule has 0 radical (unpaired) electrons. The van der Waals surface area contributed by atoms with Crippen LogP contribution in [0.4, 0.5) is 28.9 Å². The van der Waals surface area contributed by atoms with Crippen LogP contribution in [-0.4, -0.2) is 15.1 Å². The van der Waals surface area contributed by atoms with Crippen LogP contribution in [-0.2, 0) is 17.2 Å². The molecular formula is C19H12ClF4N3O2S. The first-order chi connectivity index (χ1) is 14.1. The van der Waals surface area contributed by atoms with Gasteiger partial charge in [0.05, 0.1) is 16.0 Å². The van der Waals surface area contributed by atoms with E-state index >= 15 is 0 Å². The maximum absolute atomic E-state index is 14.1. The van der Waals surface area contributed by atoms with Gasteiger partial charge in [0, 0.05) is 28.8 Å². The molecule has 156 valence electrons. The molecule has 5 nitrogen and oxygen atoms in total. The Balaban J connectivity index is 1.83. The molecule has 3 aromatic rings. The lowest BCUT2D eigenvalue weighted by atomic mass is 10.1. The number of anilines is 2. The number of hydrogen-bond acceptors (Lipinski definition) is 3. The van der Waals surface area contributed by atoms with E-state index in [4.69, 9.17) is 11.6 Å². The molecular weight excluding hydrogens is 446 g/mol. The highest BCUT2D eigenvalue weighted by Gasteiger charge is 2.35. The van der Waals surface area contributed by atoms with Crippen LogP contribution >= 0.6 is 11.6 Å². The molecule has 0 spiro atoms. The lowest BCUT2D eigenvalue weighted by molar-refractivity contribution is -0.138. The Bertz CT molecular complexity index is 1110. The highest BCUT2D eigenvalue weighted by Crippen LogP contribution is 2.32. The first-order valence-corrected chi connectivity index (χ1v) is 9.74. The van der Waals surface area contributed by atoms with E-state index in [1.165, 1.54) is 12.1 Å². The average molecular weight is 458 g/mol. The summed E-state index contributed by atoms with van der Waals surface area (Å²) < 4.78 is 68.4. The second-order valence-electron chi connectivity index (χ2n) is 5.90. The third-order valence-electron chi connectivity index (χ3n) is 3.81. The van der Waals surface area contributed by atoms with Crippen molar-refractivity contribution in [1.82, 2.24) is 4.98 Å². The fourth-order valence-electron chi connectivity index (χ4n) is 2.42. The summed E-state index contributed by atoms with van der Waals surface area (Å²) in [6, 6.07) is 9.97. The third-order valence-corrected chi connectivity index (χ3v) is 5.20. The highest BCUT2D eigenvalue weighted by molar-refractivity contribution is 7.86. The quantitative estimate of drug-likeness (QED) is 0.512. The maximum Gasteiger partial charge on any atom is 0.417 e. The van der Waals surface area contributed by atoms with Gasteiger partial charge in [0.1, 0.15) is 5.82 Å². The molecule has 1 heterocycles. The third kappa shape index (κ3) is 5.14. The second kappa shape index (κ2) is 8.80. The zero-order valence-electron chi connectivity index (χ0n) is 14.8. The number of rotatable bonds is 5. The molecule has 11 heteroatoms. The number of carbonyl (C=O) groups excluding carboxylic acids is 1. The van der Waals surface area contributed by atoms with Crippen molar-refractivity contribution in [3.63, 3.8) is 0 Å². The van der Waals surface area contributed by atoms with Crippen LogP contribution < -0.4 is 10.0 Å². The molecule has 0 aliphatic heterocycles. The predicted molar refractivity (Wildman–Crippen MR) is 105 cm³/mol. The van der Waals surface area contributed by atoms with Crippen LogP contribution in [0.25, 0.3) is 0 Å².